The Morgan fingerprint density at radius 3 is 2.41 bits per heavy atom. The van der Waals surface area contributed by atoms with E-state index in [-0.39, 0.29) is 17.7 Å². The minimum Gasteiger partial charge on any atom is -0.352 e. The Bertz CT molecular complexity index is 1050. The van der Waals surface area contributed by atoms with Crippen LogP contribution in [0.5, 0.6) is 0 Å². The fourth-order valence-electron chi connectivity index (χ4n) is 3.87. The van der Waals surface area contributed by atoms with Gasteiger partial charge in [-0.1, -0.05) is 18.2 Å². The first-order valence-electron chi connectivity index (χ1n) is 10.9. The summed E-state index contributed by atoms with van der Waals surface area (Å²) in [7, 11) is 0. The minimum absolute atomic E-state index is 0.0321. The number of hydrogen-bond acceptors (Lipinski definition) is 4. The van der Waals surface area contributed by atoms with Gasteiger partial charge in [-0.25, -0.2) is 0 Å². The number of H-pyrrole nitrogens is 1. The molecule has 0 aliphatic carbocycles. The number of benzene rings is 1. The van der Waals surface area contributed by atoms with Crippen LogP contribution < -0.4 is 5.32 Å². The van der Waals surface area contributed by atoms with Gasteiger partial charge in [-0.2, -0.15) is 0 Å². The van der Waals surface area contributed by atoms with Crippen LogP contribution in [0, 0.1) is 0 Å². The summed E-state index contributed by atoms with van der Waals surface area (Å²) in [5, 5.41) is 3.87. The highest BCUT2D eigenvalue weighted by molar-refractivity contribution is 5.98. The Morgan fingerprint density at radius 2 is 1.66 bits per heavy atom. The van der Waals surface area contributed by atoms with Crippen LogP contribution in [0.15, 0.2) is 54.9 Å². The second kappa shape index (κ2) is 10.1. The minimum atomic E-state index is -0.0663. The van der Waals surface area contributed by atoms with Crippen LogP contribution in [-0.4, -0.2) is 63.7 Å². The number of para-hydroxylation sites is 1. The van der Waals surface area contributed by atoms with Gasteiger partial charge in [0.1, 0.15) is 5.69 Å². The molecule has 3 aromatic rings. The number of carbonyl (C=O) groups is 3. The van der Waals surface area contributed by atoms with E-state index < -0.39 is 0 Å². The molecule has 2 aromatic heterocycles. The van der Waals surface area contributed by atoms with Crippen LogP contribution in [0.2, 0.25) is 0 Å². The predicted octanol–water partition coefficient (Wildman–Crippen LogP) is 2.33. The Kier molecular flexibility index (Phi) is 6.79. The van der Waals surface area contributed by atoms with E-state index in [1.807, 2.05) is 42.5 Å². The molecule has 3 heterocycles. The number of fused-ring (bicyclic) bond motifs is 1. The van der Waals surface area contributed by atoms with Crippen LogP contribution in [0.1, 0.15) is 35.3 Å². The van der Waals surface area contributed by atoms with Crippen molar-refractivity contribution in [2.24, 2.45) is 0 Å². The zero-order valence-corrected chi connectivity index (χ0v) is 17.9. The van der Waals surface area contributed by atoms with Crippen LogP contribution in [0.4, 0.5) is 0 Å². The molecule has 0 radical (unpaired) electrons. The SMILES string of the molecule is O=C(CCCC(=O)N1CCN(C(=O)c2cc3ccccc3[nH]2)CC1)NCc1ccncc1. The lowest BCUT2D eigenvalue weighted by atomic mass is 10.2. The van der Waals surface area contributed by atoms with Crippen molar-refractivity contribution in [3.63, 3.8) is 0 Å². The molecule has 0 saturated carbocycles. The van der Waals surface area contributed by atoms with Gasteiger partial charge in [-0.3, -0.25) is 19.4 Å². The molecule has 0 atom stereocenters. The molecule has 1 aromatic carbocycles. The van der Waals surface area contributed by atoms with Crippen molar-refractivity contribution in [3.05, 3.63) is 66.1 Å². The molecule has 1 aliphatic rings. The van der Waals surface area contributed by atoms with E-state index in [0.29, 0.717) is 57.7 Å². The topological polar surface area (TPSA) is 98.4 Å². The monoisotopic (exact) mass is 433 g/mol. The number of rotatable bonds is 7. The van der Waals surface area contributed by atoms with Crippen molar-refractivity contribution < 1.29 is 14.4 Å². The Morgan fingerprint density at radius 1 is 0.938 bits per heavy atom. The standard InChI is InChI=1S/C24H27N5O3/c30-22(26-17-18-8-10-25-11-9-18)6-3-7-23(31)28-12-14-29(15-13-28)24(32)21-16-19-4-1-2-5-20(19)27-21/h1-2,4-5,8-11,16,27H,3,6-7,12-15,17H2,(H,26,30). The lowest BCUT2D eigenvalue weighted by molar-refractivity contribution is -0.132. The zero-order chi connectivity index (χ0) is 22.3. The number of amides is 3. The van der Waals surface area contributed by atoms with Crippen LogP contribution in [0.3, 0.4) is 0 Å². The van der Waals surface area contributed by atoms with Crippen molar-refractivity contribution in [1.82, 2.24) is 25.1 Å². The van der Waals surface area contributed by atoms with E-state index in [1.54, 1.807) is 22.2 Å². The van der Waals surface area contributed by atoms with Gasteiger partial charge in [-0.05, 0) is 36.2 Å². The van der Waals surface area contributed by atoms with Crippen LogP contribution in [-0.2, 0) is 16.1 Å². The van der Waals surface area contributed by atoms with Gasteiger partial charge < -0.3 is 20.1 Å². The Hall–Kier alpha value is -3.68. The molecule has 1 saturated heterocycles. The summed E-state index contributed by atoms with van der Waals surface area (Å²) < 4.78 is 0. The second-order valence-corrected chi connectivity index (χ2v) is 7.93. The Balaban J connectivity index is 1.17. The highest BCUT2D eigenvalue weighted by atomic mass is 16.2. The first-order valence-corrected chi connectivity index (χ1v) is 10.9. The molecule has 32 heavy (non-hydrogen) atoms. The molecule has 1 fully saturated rings. The van der Waals surface area contributed by atoms with E-state index in [1.165, 1.54) is 0 Å². The fourth-order valence-corrected chi connectivity index (χ4v) is 3.87. The largest absolute Gasteiger partial charge is 0.352 e. The normalized spacial score (nSPS) is 13.9. The van der Waals surface area contributed by atoms with Gasteiger partial charge in [0.2, 0.25) is 11.8 Å². The van der Waals surface area contributed by atoms with Crippen molar-refractivity contribution in [3.8, 4) is 0 Å². The zero-order valence-electron chi connectivity index (χ0n) is 17.9. The number of piperazine rings is 1. The van der Waals surface area contributed by atoms with E-state index >= 15 is 0 Å². The van der Waals surface area contributed by atoms with Crippen molar-refractivity contribution in [2.45, 2.75) is 25.8 Å². The number of nitrogens with one attached hydrogen (secondary N) is 2. The molecule has 4 rings (SSSR count). The van der Waals surface area contributed by atoms with Crippen LogP contribution >= 0.6 is 0 Å². The number of pyridine rings is 1. The first kappa shape index (κ1) is 21.5. The third-order valence-electron chi connectivity index (χ3n) is 5.71. The molecule has 8 nitrogen and oxygen atoms in total. The quantitative estimate of drug-likeness (QED) is 0.598. The van der Waals surface area contributed by atoms with Gasteiger partial charge in [0.15, 0.2) is 0 Å². The molecule has 0 unspecified atom stereocenters. The lowest BCUT2D eigenvalue weighted by Crippen LogP contribution is -2.50. The molecule has 166 valence electrons. The molecule has 2 N–H and O–H groups in total. The summed E-state index contributed by atoms with van der Waals surface area (Å²) in [5.74, 6) is -0.0767. The maximum Gasteiger partial charge on any atom is 0.270 e. The van der Waals surface area contributed by atoms with Crippen molar-refractivity contribution in [1.29, 1.82) is 0 Å². The highest BCUT2D eigenvalue weighted by Crippen LogP contribution is 2.17. The smallest absolute Gasteiger partial charge is 0.270 e. The molecule has 0 spiro atoms. The van der Waals surface area contributed by atoms with Crippen molar-refractivity contribution >= 4 is 28.6 Å². The lowest BCUT2D eigenvalue weighted by Gasteiger charge is -2.34. The molecule has 8 heteroatoms. The molecular weight excluding hydrogens is 406 g/mol. The molecule has 0 bridgehead atoms. The van der Waals surface area contributed by atoms with E-state index in [9.17, 15) is 14.4 Å². The number of carbonyl (C=O) groups excluding carboxylic acids is 3. The van der Waals surface area contributed by atoms with Gasteiger partial charge in [-0.15, -0.1) is 0 Å². The maximum atomic E-state index is 12.8. The average molecular weight is 434 g/mol. The Labute approximate surface area is 186 Å². The summed E-state index contributed by atoms with van der Waals surface area (Å²) in [6, 6.07) is 13.4. The van der Waals surface area contributed by atoms with E-state index in [0.717, 1.165) is 16.5 Å². The summed E-state index contributed by atoms with van der Waals surface area (Å²) >= 11 is 0. The fraction of sp³-hybridized carbons (Fsp3) is 0.333. The summed E-state index contributed by atoms with van der Waals surface area (Å²) in [6.07, 6.45) is 4.53. The summed E-state index contributed by atoms with van der Waals surface area (Å²) in [4.78, 5) is 48.0. The average Bonchev–Trinajstić information content (AvgIpc) is 3.27. The predicted molar refractivity (Wildman–Crippen MR) is 121 cm³/mol. The third kappa shape index (κ3) is 5.32. The second-order valence-electron chi connectivity index (χ2n) is 7.93. The van der Waals surface area contributed by atoms with Gasteiger partial charge in [0.25, 0.3) is 5.91 Å². The number of hydrogen-bond donors (Lipinski definition) is 2. The van der Waals surface area contributed by atoms with Gasteiger partial charge in [0.05, 0.1) is 0 Å². The van der Waals surface area contributed by atoms with E-state index in [4.69, 9.17) is 0 Å². The molecule has 1 aliphatic heterocycles. The van der Waals surface area contributed by atoms with Gasteiger partial charge >= 0.3 is 0 Å². The number of aromatic nitrogens is 2. The van der Waals surface area contributed by atoms with E-state index in [2.05, 4.69) is 15.3 Å². The third-order valence-corrected chi connectivity index (χ3v) is 5.71. The first-order chi connectivity index (χ1) is 15.6. The number of nitrogens with zero attached hydrogens (tertiary/aromatic N) is 3. The number of aromatic amines is 1. The molecular formula is C24H27N5O3. The highest BCUT2D eigenvalue weighted by Gasteiger charge is 2.25. The van der Waals surface area contributed by atoms with Gasteiger partial charge in [0, 0.05) is 68.9 Å². The summed E-state index contributed by atoms with van der Waals surface area (Å²) in [6.45, 7) is 2.50. The summed E-state index contributed by atoms with van der Waals surface area (Å²) in [5.41, 5.74) is 2.50. The van der Waals surface area contributed by atoms with Crippen molar-refractivity contribution in [2.75, 3.05) is 26.2 Å². The van der Waals surface area contributed by atoms with Crippen LogP contribution in [0.25, 0.3) is 10.9 Å². The maximum absolute atomic E-state index is 12.8. The molecule has 3 amide bonds.